The van der Waals surface area contributed by atoms with Gasteiger partial charge in [0.2, 0.25) is 0 Å². The maximum atomic E-state index is 3.60. The lowest BCUT2D eigenvalue weighted by molar-refractivity contribution is 0.498. The molecule has 0 aromatic heterocycles. The number of rotatable bonds is 9. The molecule has 1 nitrogen and oxygen atoms in total. The third kappa shape index (κ3) is 6.46. The Labute approximate surface area is 117 Å². The Hall–Kier alpha value is -0.470. The summed E-state index contributed by atoms with van der Waals surface area (Å²) in [4.78, 5) is 0. The van der Waals surface area contributed by atoms with E-state index in [-0.39, 0.29) is 0 Å². The third-order valence-electron chi connectivity index (χ3n) is 3.12. The SMILES string of the molecule is CSCCCC(CNCC(C)C)c1ccccc1. The summed E-state index contributed by atoms with van der Waals surface area (Å²) < 4.78 is 0. The van der Waals surface area contributed by atoms with E-state index in [1.807, 2.05) is 11.8 Å². The van der Waals surface area contributed by atoms with Crippen molar-refractivity contribution in [2.24, 2.45) is 5.92 Å². The van der Waals surface area contributed by atoms with Gasteiger partial charge < -0.3 is 5.32 Å². The van der Waals surface area contributed by atoms with Gasteiger partial charge in [-0.2, -0.15) is 11.8 Å². The van der Waals surface area contributed by atoms with Crippen LogP contribution in [0.15, 0.2) is 30.3 Å². The summed E-state index contributed by atoms with van der Waals surface area (Å²) in [6, 6.07) is 10.9. The van der Waals surface area contributed by atoms with Gasteiger partial charge in [0, 0.05) is 6.54 Å². The second-order valence-electron chi connectivity index (χ2n) is 5.29. The van der Waals surface area contributed by atoms with Gasteiger partial charge >= 0.3 is 0 Å². The predicted octanol–water partition coefficient (Wildman–Crippen LogP) is 4.16. The van der Waals surface area contributed by atoms with Crippen LogP contribution in [0.2, 0.25) is 0 Å². The summed E-state index contributed by atoms with van der Waals surface area (Å²) in [5, 5.41) is 3.60. The van der Waals surface area contributed by atoms with E-state index in [1.54, 1.807) is 0 Å². The van der Waals surface area contributed by atoms with Crippen LogP contribution in [0.4, 0.5) is 0 Å². The second-order valence-corrected chi connectivity index (χ2v) is 6.28. The molecule has 1 aromatic rings. The zero-order chi connectivity index (χ0) is 13.2. The van der Waals surface area contributed by atoms with Crippen LogP contribution in [-0.2, 0) is 0 Å². The van der Waals surface area contributed by atoms with Crippen LogP contribution in [0.25, 0.3) is 0 Å². The summed E-state index contributed by atoms with van der Waals surface area (Å²) in [5.74, 6) is 2.66. The minimum absolute atomic E-state index is 0.664. The van der Waals surface area contributed by atoms with E-state index >= 15 is 0 Å². The van der Waals surface area contributed by atoms with Gasteiger partial charge in [-0.1, -0.05) is 44.2 Å². The molecule has 18 heavy (non-hydrogen) atoms. The first kappa shape index (κ1) is 15.6. The molecule has 0 aliphatic heterocycles. The minimum Gasteiger partial charge on any atom is -0.316 e. The number of benzene rings is 1. The topological polar surface area (TPSA) is 12.0 Å². The van der Waals surface area contributed by atoms with Crippen molar-refractivity contribution in [3.05, 3.63) is 35.9 Å². The molecule has 1 rings (SSSR count). The summed E-state index contributed by atoms with van der Waals surface area (Å²) in [5.41, 5.74) is 1.48. The van der Waals surface area contributed by atoms with Crippen LogP contribution in [0.1, 0.15) is 38.2 Å². The fraction of sp³-hybridized carbons (Fsp3) is 0.625. The molecule has 1 unspecified atom stereocenters. The van der Waals surface area contributed by atoms with Gasteiger partial charge in [-0.05, 0) is 48.8 Å². The standard InChI is InChI=1S/C16H27NS/c1-14(2)12-17-13-16(10-7-11-18-3)15-8-5-4-6-9-15/h4-6,8-9,14,16-17H,7,10-13H2,1-3H3. The Bertz CT molecular complexity index is 297. The van der Waals surface area contributed by atoms with E-state index < -0.39 is 0 Å². The van der Waals surface area contributed by atoms with Gasteiger partial charge in [0.05, 0.1) is 0 Å². The predicted molar refractivity (Wildman–Crippen MR) is 84.5 cm³/mol. The van der Waals surface area contributed by atoms with Gasteiger partial charge in [-0.15, -0.1) is 0 Å². The minimum atomic E-state index is 0.664. The second kappa shape index (κ2) is 9.46. The molecule has 102 valence electrons. The molecular formula is C16H27NS. The highest BCUT2D eigenvalue weighted by atomic mass is 32.2. The van der Waals surface area contributed by atoms with Crippen molar-refractivity contribution in [3.8, 4) is 0 Å². The molecule has 0 fully saturated rings. The first-order chi connectivity index (χ1) is 8.74. The summed E-state index contributed by atoms with van der Waals surface area (Å²) >= 11 is 1.95. The van der Waals surface area contributed by atoms with Gasteiger partial charge in [0.1, 0.15) is 0 Å². The lowest BCUT2D eigenvalue weighted by Gasteiger charge is -2.19. The van der Waals surface area contributed by atoms with E-state index in [0.717, 1.165) is 19.0 Å². The van der Waals surface area contributed by atoms with Crippen LogP contribution in [0, 0.1) is 5.92 Å². The molecule has 1 aromatic carbocycles. The summed E-state index contributed by atoms with van der Waals surface area (Å²) in [7, 11) is 0. The molecule has 0 amide bonds. The molecule has 0 aliphatic carbocycles. The molecule has 1 atom stereocenters. The van der Waals surface area contributed by atoms with Crippen molar-refractivity contribution >= 4 is 11.8 Å². The van der Waals surface area contributed by atoms with Crippen LogP contribution in [0.3, 0.4) is 0 Å². The molecule has 0 aliphatic rings. The summed E-state index contributed by atoms with van der Waals surface area (Å²) in [6.07, 6.45) is 4.79. The number of nitrogens with one attached hydrogen (secondary N) is 1. The maximum absolute atomic E-state index is 3.60. The number of thioether (sulfide) groups is 1. The van der Waals surface area contributed by atoms with E-state index in [4.69, 9.17) is 0 Å². The van der Waals surface area contributed by atoms with E-state index in [2.05, 4.69) is 55.8 Å². The quantitative estimate of drug-likeness (QED) is 0.673. The van der Waals surface area contributed by atoms with Gasteiger partial charge in [0.15, 0.2) is 0 Å². The normalized spacial score (nSPS) is 12.9. The fourth-order valence-corrected chi connectivity index (χ4v) is 2.59. The average molecular weight is 265 g/mol. The van der Waals surface area contributed by atoms with Crippen LogP contribution < -0.4 is 5.32 Å². The molecule has 0 radical (unpaired) electrons. The molecule has 1 N–H and O–H groups in total. The lowest BCUT2D eigenvalue weighted by Crippen LogP contribution is -2.25. The van der Waals surface area contributed by atoms with Crippen molar-refractivity contribution in [1.29, 1.82) is 0 Å². The fourth-order valence-electron chi connectivity index (χ4n) is 2.13. The Morgan fingerprint density at radius 2 is 1.83 bits per heavy atom. The van der Waals surface area contributed by atoms with Gasteiger partial charge in [-0.3, -0.25) is 0 Å². The van der Waals surface area contributed by atoms with Crippen molar-refractivity contribution in [1.82, 2.24) is 5.32 Å². The lowest BCUT2D eigenvalue weighted by atomic mass is 9.94. The Morgan fingerprint density at radius 3 is 2.44 bits per heavy atom. The first-order valence-electron chi connectivity index (χ1n) is 6.98. The van der Waals surface area contributed by atoms with E-state index in [1.165, 1.54) is 24.2 Å². The molecule has 0 heterocycles. The van der Waals surface area contributed by atoms with E-state index in [9.17, 15) is 0 Å². The highest BCUT2D eigenvalue weighted by molar-refractivity contribution is 7.98. The zero-order valence-electron chi connectivity index (χ0n) is 12.0. The highest BCUT2D eigenvalue weighted by Crippen LogP contribution is 2.21. The number of hydrogen-bond donors (Lipinski definition) is 1. The molecule has 0 saturated carbocycles. The van der Waals surface area contributed by atoms with E-state index in [0.29, 0.717) is 5.92 Å². The molecule has 0 spiro atoms. The highest BCUT2D eigenvalue weighted by Gasteiger charge is 2.10. The van der Waals surface area contributed by atoms with Crippen molar-refractivity contribution in [3.63, 3.8) is 0 Å². The maximum Gasteiger partial charge on any atom is 0.00202 e. The van der Waals surface area contributed by atoms with Crippen LogP contribution >= 0.6 is 11.8 Å². The van der Waals surface area contributed by atoms with Crippen LogP contribution in [-0.4, -0.2) is 25.1 Å². The average Bonchev–Trinajstić information content (AvgIpc) is 2.38. The largest absolute Gasteiger partial charge is 0.316 e. The Kier molecular flexibility index (Phi) is 8.19. The van der Waals surface area contributed by atoms with Gasteiger partial charge in [-0.25, -0.2) is 0 Å². The first-order valence-corrected chi connectivity index (χ1v) is 8.38. The molecular weight excluding hydrogens is 238 g/mol. The Morgan fingerprint density at radius 1 is 1.11 bits per heavy atom. The summed E-state index contributed by atoms with van der Waals surface area (Å²) in [6.45, 7) is 6.75. The van der Waals surface area contributed by atoms with Crippen LogP contribution in [0.5, 0.6) is 0 Å². The third-order valence-corrected chi connectivity index (χ3v) is 3.81. The van der Waals surface area contributed by atoms with Crippen molar-refractivity contribution < 1.29 is 0 Å². The van der Waals surface area contributed by atoms with Crippen molar-refractivity contribution in [2.75, 3.05) is 25.1 Å². The smallest absolute Gasteiger partial charge is 0.00202 e. The number of hydrogen-bond acceptors (Lipinski definition) is 2. The monoisotopic (exact) mass is 265 g/mol. The molecule has 0 bridgehead atoms. The van der Waals surface area contributed by atoms with Gasteiger partial charge in [0.25, 0.3) is 0 Å². The molecule has 0 saturated heterocycles. The molecule has 2 heteroatoms. The zero-order valence-corrected chi connectivity index (χ0v) is 12.8. The Balaban J connectivity index is 2.47. The van der Waals surface area contributed by atoms with Crippen molar-refractivity contribution in [2.45, 2.75) is 32.6 Å².